The van der Waals surface area contributed by atoms with Crippen LogP contribution in [0.15, 0.2) is 28.7 Å². The van der Waals surface area contributed by atoms with Crippen molar-refractivity contribution >= 4 is 5.91 Å². The second-order valence-corrected chi connectivity index (χ2v) is 7.04. The molecule has 2 aromatic rings. The monoisotopic (exact) mass is 381 g/mol. The molecule has 0 unspecified atom stereocenters. The Labute approximate surface area is 155 Å². The molecule has 1 heterocycles. The van der Waals surface area contributed by atoms with E-state index in [0.29, 0.717) is 24.6 Å². The average Bonchev–Trinajstić information content (AvgIpc) is 3.09. The minimum atomic E-state index is -4.19. The lowest BCUT2D eigenvalue weighted by molar-refractivity contribution is -0.184. The standard InChI is InChI=1S/C19H22F3N3O2/c1-12-5-7-13(8-6-12)18-25-24-17(27-18)10-9-16(26)23-15-4-2-3-14(11-15)19(20,21)22/h5-8,14-15H,2-4,9-11H2,1H3,(H,23,26)/t14-,15-/m1/s1. The summed E-state index contributed by atoms with van der Waals surface area (Å²) in [6, 6.07) is 7.19. The van der Waals surface area contributed by atoms with Gasteiger partial charge in [0.1, 0.15) is 0 Å². The molecule has 3 rings (SSSR count). The largest absolute Gasteiger partial charge is 0.421 e. The summed E-state index contributed by atoms with van der Waals surface area (Å²) in [4.78, 5) is 12.1. The molecule has 2 atom stereocenters. The van der Waals surface area contributed by atoms with E-state index in [1.807, 2.05) is 31.2 Å². The van der Waals surface area contributed by atoms with Crippen molar-refractivity contribution in [1.82, 2.24) is 15.5 Å². The molecule has 27 heavy (non-hydrogen) atoms. The van der Waals surface area contributed by atoms with Gasteiger partial charge in [-0.1, -0.05) is 24.1 Å². The maximum atomic E-state index is 12.8. The summed E-state index contributed by atoms with van der Waals surface area (Å²) >= 11 is 0. The highest BCUT2D eigenvalue weighted by molar-refractivity contribution is 5.76. The Bertz CT molecular complexity index is 771. The van der Waals surface area contributed by atoms with Crippen molar-refractivity contribution < 1.29 is 22.4 Å². The van der Waals surface area contributed by atoms with Gasteiger partial charge >= 0.3 is 6.18 Å². The van der Waals surface area contributed by atoms with Crippen molar-refractivity contribution in [2.24, 2.45) is 5.92 Å². The van der Waals surface area contributed by atoms with Gasteiger partial charge in [-0.05, 0) is 38.3 Å². The average molecular weight is 381 g/mol. The molecule has 5 nitrogen and oxygen atoms in total. The number of aromatic nitrogens is 2. The third-order valence-electron chi connectivity index (χ3n) is 4.83. The van der Waals surface area contributed by atoms with E-state index in [9.17, 15) is 18.0 Å². The zero-order valence-corrected chi connectivity index (χ0v) is 15.1. The molecule has 0 spiro atoms. The van der Waals surface area contributed by atoms with E-state index in [2.05, 4.69) is 15.5 Å². The van der Waals surface area contributed by atoms with Crippen molar-refractivity contribution in [2.45, 2.75) is 57.7 Å². The molecular formula is C19H22F3N3O2. The van der Waals surface area contributed by atoms with Crippen LogP contribution in [0.2, 0.25) is 0 Å². The van der Waals surface area contributed by atoms with Crippen LogP contribution in [0.4, 0.5) is 13.2 Å². The topological polar surface area (TPSA) is 68.0 Å². The summed E-state index contributed by atoms with van der Waals surface area (Å²) in [5.74, 6) is -0.911. The number of nitrogens with zero attached hydrogens (tertiary/aromatic N) is 2. The molecule has 1 amide bonds. The van der Waals surface area contributed by atoms with Crippen LogP contribution in [0.1, 0.15) is 43.6 Å². The third kappa shape index (κ3) is 5.30. The molecule has 1 saturated carbocycles. The number of carbonyl (C=O) groups is 1. The van der Waals surface area contributed by atoms with Gasteiger partial charge in [-0.3, -0.25) is 4.79 Å². The fraction of sp³-hybridized carbons (Fsp3) is 0.526. The lowest BCUT2D eigenvalue weighted by Gasteiger charge is -2.31. The minimum absolute atomic E-state index is 0.0482. The molecule has 1 N–H and O–H groups in total. The molecule has 0 bridgehead atoms. The highest BCUT2D eigenvalue weighted by Crippen LogP contribution is 2.37. The van der Waals surface area contributed by atoms with Crippen molar-refractivity contribution in [2.75, 3.05) is 0 Å². The van der Waals surface area contributed by atoms with Crippen LogP contribution in [-0.2, 0) is 11.2 Å². The number of carbonyl (C=O) groups excluding carboxylic acids is 1. The second kappa shape index (κ2) is 8.10. The van der Waals surface area contributed by atoms with E-state index in [1.54, 1.807) is 0 Å². The summed E-state index contributed by atoms with van der Waals surface area (Å²) in [6.07, 6.45) is -2.70. The molecule has 1 aliphatic rings. The SMILES string of the molecule is Cc1ccc(-c2nnc(CCC(=O)N[C@@H]3CCC[C@@H](C(F)(F)F)C3)o2)cc1. The summed E-state index contributed by atoms with van der Waals surface area (Å²) in [6.45, 7) is 1.98. The van der Waals surface area contributed by atoms with Crippen LogP contribution in [0.5, 0.6) is 0 Å². The lowest BCUT2D eigenvalue weighted by Crippen LogP contribution is -2.41. The molecule has 1 fully saturated rings. The molecule has 1 aromatic heterocycles. The van der Waals surface area contributed by atoms with Gasteiger partial charge in [0.25, 0.3) is 0 Å². The number of hydrogen-bond acceptors (Lipinski definition) is 4. The van der Waals surface area contributed by atoms with E-state index in [0.717, 1.165) is 11.1 Å². The number of amides is 1. The van der Waals surface area contributed by atoms with Crippen molar-refractivity contribution in [3.63, 3.8) is 0 Å². The van der Waals surface area contributed by atoms with Gasteiger partial charge in [0, 0.05) is 24.4 Å². The third-order valence-corrected chi connectivity index (χ3v) is 4.83. The van der Waals surface area contributed by atoms with E-state index >= 15 is 0 Å². The summed E-state index contributed by atoms with van der Waals surface area (Å²) < 4.78 is 44.1. The Hall–Kier alpha value is -2.38. The summed E-state index contributed by atoms with van der Waals surface area (Å²) in [5.41, 5.74) is 1.91. The van der Waals surface area contributed by atoms with Crippen LogP contribution in [0.3, 0.4) is 0 Å². The number of alkyl halides is 3. The van der Waals surface area contributed by atoms with E-state index in [1.165, 1.54) is 0 Å². The second-order valence-electron chi connectivity index (χ2n) is 7.04. The maximum Gasteiger partial charge on any atom is 0.391 e. The maximum absolute atomic E-state index is 12.8. The Morgan fingerprint density at radius 2 is 1.96 bits per heavy atom. The fourth-order valence-electron chi connectivity index (χ4n) is 3.31. The van der Waals surface area contributed by atoms with Crippen molar-refractivity contribution in [1.29, 1.82) is 0 Å². The first kappa shape index (κ1) is 19.4. The number of halogens is 3. The fourth-order valence-corrected chi connectivity index (χ4v) is 3.31. The van der Waals surface area contributed by atoms with Crippen LogP contribution in [-0.4, -0.2) is 28.3 Å². The van der Waals surface area contributed by atoms with Crippen LogP contribution in [0, 0.1) is 12.8 Å². The highest BCUT2D eigenvalue weighted by atomic mass is 19.4. The first-order valence-corrected chi connectivity index (χ1v) is 9.07. The Morgan fingerprint density at radius 1 is 1.22 bits per heavy atom. The zero-order chi connectivity index (χ0) is 19.4. The lowest BCUT2D eigenvalue weighted by atomic mass is 9.85. The normalized spacial score (nSPS) is 20.4. The van der Waals surface area contributed by atoms with Gasteiger partial charge in [-0.15, -0.1) is 10.2 Å². The molecular weight excluding hydrogens is 359 g/mol. The van der Waals surface area contributed by atoms with Crippen molar-refractivity contribution in [3.05, 3.63) is 35.7 Å². The smallest absolute Gasteiger partial charge is 0.391 e. The summed E-state index contributed by atoms with van der Waals surface area (Å²) in [5, 5.41) is 10.6. The first-order chi connectivity index (χ1) is 12.8. The van der Waals surface area contributed by atoms with E-state index < -0.39 is 18.1 Å². The Kier molecular flexibility index (Phi) is 5.82. The number of aryl methyl sites for hydroxylation is 2. The van der Waals surface area contributed by atoms with Crippen LogP contribution < -0.4 is 5.32 Å². The first-order valence-electron chi connectivity index (χ1n) is 9.07. The minimum Gasteiger partial charge on any atom is -0.421 e. The highest BCUT2D eigenvalue weighted by Gasteiger charge is 2.42. The summed E-state index contributed by atoms with van der Waals surface area (Å²) in [7, 11) is 0. The predicted octanol–water partition coefficient (Wildman–Crippen LogP) is 4.21. The molecule has 0 saturated heterocycles. The van der Waals surface area contributed by atoms with Crippen molar-refractivity contribution in [3.8, 4) is 11.5 Å². The number of rotatable bonds is 5. The van der Waals surface area contributed by atoms with Gasteiger partial charge in [-0.2, -0.15) is 13.2 Å². The molecule has 1 aliphatic carbocycles. The zero-order valence-electron chi connectivity index (χ0n) is 15.1. The molecule has 8 heteroatoms. The van der Waals surface area contributed by atoms with E-state index in [4.69, 9.17) is 4.42 Å². The Balaban J connectivity index is 1.49. The van der Waals surface area contributed by atoms with Gasteiger partial charge in [0.15, 0.2) is 0 Å². The van der Waals surface area contributed by atoms with E-state index in [-0.39, 0.29) is 31.6 Å². The van der Waals surface area contributed by atoms with Gasteiger partial charge in [0.2, 0.25) is 17.7 Å². The number of hydrogen-bond donors (Lipinski definition) is 1. The van der Waals surface area contributed by atoms with Gasteiger partial charge in [-0.25, -0.2) is 0 Å². The molecule has 0 radical (unpaired) electrons. The number of nitrogens with one attached hydrogen (secondary N) is 1. The molecule has 1 aromatic carbocycles. The molecule has 146 valence electrons. The predicted molar refractivity (Wildman–Crippen MR) is 92.7 cm³/mol. The molecule has 0 aliphatic heterocycles. The number of benzene rings is 1. The van der Waals surface area contributed by atoms with Crippen LogP contribution >= 0.6 is 0 Å². The van der Waals surface area contributed by atoms with Gasteiger partial charge in [0.05, 0.1) is 5.92 Å². The van der Waals surface area contributed by atoms with Crippen LogP contribution in [0.25, 0.3) is 11.5 Å². The Morgan fingerprint density at radius 3 is 2.67 bits per heavy atom. The quantitative estimate of drug-likeness (QED) is 0.842. The van der Waals surface area contributed by atoms with Gasteiger partial charge < -0.3 is 9.73 Å².